The average molecular weight is 463 g/mol. The van der Waals surface area contributed by atoms with E-state index in [0.29, 0.717) is 29.9 Å². The second-order valence-electron chi connectivity index (χ2n) is 7.97. The summed E-state index contributed by atoms with van der Waals surface area (Å²) in [6.45, 7) is 0.311. The highest BCUT2D eigenvalue weighted by atomic mass is 32.2. The first-order valence-corrected chi connectivity index (χ1v) is 11.7. The summed E-state index contributed by atoms with van der Waals surface area (Å²) < 4.78 is 11.1. The van der Waals surface area contributed by atoms with Gasteiger partial charge in [-0.2, -0.15) is 0 Å². The third-order valence-electron chi connectivity index (χ3n) is 5.88. The molecule has 0 unspecified atom stereocenters. The molecular formula is C25H22N2O5S. The molecule has 8 heteroatoms. The van der Waals surface area contributed by atoms with E-state index < -0.39 is 24.1 Å². The van der Waals surface area contributed by atoms with Crippen LogP contribution < -0.4 is 5.73 Å². The number of hydrogen-bond acceptors (Lipinski definition) is 7. The van der Waals surface area contributed by atoms with Crippen LogP contribution in [0, 0.1) is 0 Å². The summed E-state index contributed by atoms with van der Waals surface area (Å²) in [6, 6.07) is 18.2. The summed E-state index contributed by atoms with van der Waals surface area (Å²) in [7, 11) is 0. The van der Waals surface area contributed by atoms with E-state index in [2.05, 4.69) is 0 Å². The van der Waals surface area contributed by atoms with Crippen LogP contribution >= 0.6 is 11.8 Å². The number of allylic oxidation sites excluding steroid dienone is 1. The molecule has 168 valence electrons. The van der Waals surface area contributed by atoms with Crippen LogP contribution in [0.5, 0.6) is 0 Å². The molecule has 5 rings (SSSR count). The number of carbonyl (C=O) groups excluding carboxylic acids is 3. The number of hydrogen-bond donors (Lipinski definition) is 1. The molecule has 0 saturated carbocycles. The molecule has 7 nitrogen and oxygen atoms in total. The Morgan fingerprint density at radius 1 is 1.09 bits per heavy atom. The van der Waals surface area contributed by atoms with Gasteiger partial charge < -0.3 is 15.2 Å². The van der Waals surface area contributed by atoms with E-state index in [1.807, 2.05) is 60.7 Å². The Balaban J connectivity index is 1.54. The number of thioether (sulfide) groups is 1. The minimum atomic E-state index is -0.664. The topological polar surface area (TPSA) is 98.9 Å². The van der Waals surface area contributed by atoms with Crippen molar-refractivity contribution in [2.75, 3.05) is 12.4 Å². The Morgan fingerprint density at radius 2 is 1.73 bits per heavy atom. The second-order valence-corrected chi connectivity index (χ2v) is 9.08. The lowest BCUT2D eigenvalue weighted by molar-refractivity contribution is -0.153. The van der Waals surface area contributed by atoms with Crippen LogP contribution in [-0.2, 0) is 23.9 Å². The zero-order valence-corrected chi connectivity index (χ0v) is 18.5. The number of nitrogens with zero attached hydrogens (tertiary/aromatic N) is 1. The van der Waals surface area contributed by atoms with Gasteiger partial charge in [0.2, 0.25) is 5.91 Å². The fourth-order valence-electron chi connectivity index (χ4n) is 4.18. The molecule has 2 saturated heterocycles. The van der Waals surface area contributed by atoms with E-state index in [9.17, 15) is 14.4 Å². The molecule has 3 aliphatic rings. The van der Waals surface area contributed by atoms with Crippen molar-refractivity contribution in [2.24, 2.45) is 5.73 Å². The standard InChI is InChI=1S/C25H22N2O5S/c26-19-22(28)27-20(18(14-33-23(19)27)13-17-11-12-31-24(17)29)25(30)32-21(15-7-3-1-4-8-15)16-9-5-2-6-10-16/h1-10,13,19,21,23H,11-12,14,26H2/b17-13+/t19-,23-/m1/s1. The van der Waals surface area contributed by atoms with Crippen molar-refractivity contribution < 1.29 is 23.9 Å². The van der Waals surface area contributed by atoms with Crippen molar-refractivity contribution in [3.8, 4) is 0 Å². The van der Waals surface area contributed by atoms with Gasteiger partial charge in [-0.3, -0.25) is 9.69 Å². The lowest BCUT2D eigenvalue weighted by Gasteiger charge is -2.48. The molecule has 0 bridgehead atoms. The summed E-state index contributed by atoms with van der Waals surface area (Å²) in [5, 5.41) is -0.329. The summed E-state index contributed by atoms with van der Waals surface area (Å²) in [6.07, 6.45) is 1.46. The van der Waals surface area contributed by atoms with Crippen molar-refractivity contribution in [3.05, 3.63) is 94.7 Å². The number of fused-ring (bicyclic) bond motifs is 1. The van der Waals surface area contributed by atoms with Crippen molar-refractivity contribution >= 4 is 29.6 Å². The van der Waals surface area contributed by atoms with Gasteiger partial charge in [0.05, 0.1) is 6.61 Å². The summed E-state index contributed by atoms with van der Waals surface area (Å²) in [5.41, 5.74) is 8.79. The molecule has 3 aliphatic heterocycles. The third kappa shape index (κ3) is 3.96. The zero-order valence-electron chi connectivity index (χ0n) is 17.7. The molecule has 1 amide bonds. The SMILES string of the molecule is N[C@@H]1C(=O)N2C(C(=O)OC(c3ccccc3)c3ccccc3)=C(/C=C3\CCOC3=O)CS[C@H]12. The van der Waals surface area contributed by atoms with Gasteiger partial charge in [-0.1, -0.05) is 60.7 Å². The van der Waals surface area contributed by atoms with Crippen LogP contribution in [0.15, 0.2) is 83.6 Å². The van der Waals surface area contributed by atoms with Crippen LogP contribution in [0.2, 0.25) is 0 Å². The maximum Gasteiger partial charge on any atom is 0.356 e. The summed E-state index contributed by atoms with van der Waals surface area (Å²) in [4.78, 5) is 39.6. The molecule has 3 heterocycles. The van der Waals surface area contributed by atoms with E-state index >= 15 is 0 Å². The highest BCUT2D eigenvalue weighted by molar-refractivity contribution is 8.00. The van der Waals surface area contributed by atoms with Gasteiger partial charge in [0.1, 0.15) is 17.1 Å². The summed E-state index contributed by atoms with van der Waals surface area (Å²) >= 11 is 1.47. The minimum Gasteiger partial charge on any atom is -0.462 e. The fourth-order valence-corrected chi connectivity index (χ4v) is 5.43. The highest BCUT2D eigenvalue weighted by Crippen LogP contribution is 2.41. The maximum absolute atomic E-state index is 13.6. The van der Waals surface area contributed by atoms with Crippen LogP contribution in [0.4, 0.5) is 0 Å². The van der Waals surface area contributed by atoms with Crippen LogP contribution in [0.25, 0.3) is 0 Å². The fraction of sp³-hybridized carbons (Fsp3) is 0.240. The Labute approximate surface area is 195 Å². The van der Waals surface area contributed by atoms with Crippen molar-refractivity contribution in [1.82, 2.24) is 4.90 Å². The number of ether oxygens (including phenoxy) is 2. The number of amides is 1. The number of cyclic esters (lactones) is 1. The number of rotatable bonds is 5. The minimum absolute atomic E-state index is 0.148. The number of nitrogens with two attached hydrogens (primary N) is 1. The monoisotopic (exact) mass is 462 g/mol. The molecule has 2 N–H and O–H groups in total. The van der Waals surface area contributed by atoms with E-state index in [1.165, 1.54) is 16.7 Å². The van der Waals surface area contributed by atoms with E-state index in [-0.39, 0.29) is 17.0 Å². The van der Waals surface area contributed by atoms with Gasteiger partial charge in [-0.05, 0) is 22.8 Å². The van der Waals surface area contributed by atoms with E-state index in [4.69, 9.17) is 15.2 Å². The molecule has 2 aromatic carbocycles. The van der Waals surface area contributed by atoms with Crippen molar-refractivity contribution in [1.29, 1.82) is 0 Å². The molecule has 33 heavy (non-hydrogen) atoms. The largest absolute Gasteiger partial charge is 0.462 e. The molecule has 0 spiro atoms. The maximum atomic E-state index is 13.6. The average Bonchev–Trinajstić information content (AvgIpc) is 3.26. The first-order valence-electron chi connectivity index (χ1n) is 10.7. The number of esters is 2. The Bertz CT molecular complexity index is 1120. The van der Waals surface area contributed by atoms with Gasteiger partial charge >= 0.3 is 11.9 Å². The van der Waals surface area contributed by atoms with Crippen LogP contribution in [0.3, 0.4) is 0 Å². The second kappa shape index (κ2) is 8.88. The van der Waals surface area contributed by atoms with E-state index in [1.54, 1.807) is 6.08 Å². The summed E-state index contributed by atoms with van der Waals surface area (Å²) in [5.74, 6) is -0.929. The predicted molar refractivity (Wildman–Crippen MR) is 123 cm³/mol. The highest BCUT2D eigenvalue weighted by Gasteiger charge is 2.52. The Hall–Kier alpha value is -3.36. The first-order chi connectivity index (χ1) is 16.0. The number of carbonyl (C=O) groups is 3. The molecule has 2 fully saturated rings. The van der Waals surface area contributed by atoms with Gasteiger partial charge in [0.25, 0.3) is 0 Å². The zero-order chi connectivity index (χ0) is 22.9. The molecule has 0 aliphatic carbocycles. The van der Waals surface area contributed by atoms with Gasteiger partial charge in [0.15, 0.2) is 6.10 Å². The number of β-lactam (4-membered cyclic amide) rings is 1. The first kappa shape index (κ1) is 21.5. The van der Waals surface area contributed by atoms with Gasteiger partial charge in [-0.15, -0.1) is 11.8 Å². The normalized spacial score (nSPS) is 23.5. The lowest BCUT2D eigenvalue weighted by atomic mass is 10.0. The Morgan fingerprint density at radius 3 is 2.30 bits per heavy atom. The van der Waals surface area contributed by atoms with Crippen LogP contribution in [0.1, 0.15) is 23.7 Å². The lowest BCUT2D eigenvalue weighted by Crippen LogP contribution is -2.68. The predicted octanol–water partition coefficient (Wildman–Crippen LogP) is 2.69. The molecule has 2 aromatic rings. The van der Waals surface area contributed by atoms with Gasteiger partial charge in [-0.25, -0.2) is 9.59 Å². The molecular weight excluding hydrogens is 440 g/mol. The number of benzene rings is 2. The Kier molecular flexibility index (Phi) is 5.78. The van der Waals surface area contributed by atoms with E-state index in [0.717, 1.165) is 11.1 Å². The molecule has 0 radical (unpaired) electrons. The van der Waals surface area contributed by atoms with Crippen LogP contribution in [-0.4, -0.2) is 46.5 Å². The van der Waals surface area contributed by atoms with Crippen molar-refractivity contribution in [3.63, 3.8) is 0 Å². The quantitative estimate of drug-likeness (QED) is 0.414. The van der Waals surface area contributed by atoms with Gasteiger partial charge in [0, 0.05) is 17.7 Å². The molecule has 0 aromatic heterocycles. The molecule has 2 atom stereocenters. The third-order valence-corrected chi connectivity index (χ3v) is 7.20. The van der Waals surface area contributed by atoms with Crippen molar-refractivity contribution in [2.45, 2.75) is 23.9 Å². The smallest absolute Gasteiger partial charge is 0.356 e.